The molecule has 21 heteroatoms. The van der Waals surface area contributed by atoms with Gasteiger partial charge in [-0.05, 0) is 142 Å². The lowest BCUT2D eigenvalue weighted by molar-refractivity contribution is -0.131. The molecule has 4 amide bonds. The predicted octanol–water partition coefficient (Wildman–Crippen LogP) is 7.52. The Morgan fingerprint density at radius 3 is 2.14 bits per heavy atom. The van der Waals surface area contributed by atoms with Crippen molar-refractivity contribution in [1.82, 2.24) is 30.8 Å². The molecule has 21 nitrogen and oxygen atoms in total. The van der Waals surface area contributed by atoms with Crippen LogP contribution in [0.4, 0.5) is 16.4 Å². The molecule has 2 aliphatic heterocycles. The Labute approximate surface area is 498 Å². The lowest BCUT2D eigenvalue weighted by atomic mass is 9.89. The predicted molar refractivity (Wildman–Crippen MR) is 324 cm³/mol. The summed E-state index contributed by atoms with van der Waals surface area (Å²) in [6.07, 6.45) is 9.76. The zero-order valence-electron chi connectivity index (χ0n) is 50.4. The largest absolute Gasteiger partial charge is 0.493 e. The molecular weight excluding hydrogens is 1090 g/mol. The van der Waals surface area contributed by atoms with Crippen molar-refractivity contribution in [2.24, 2.45) is 29.4 Å². The van der Waals surface area contributed by atoms with E-state index in [4.69, 9.17) is 29.4 Å². The SMILES string of the molecule is C=C(CCCC(=O)N[C@H](C(=O)C[C@@H](CCCNC(N)=O)C(=O)Nc1ccc(COCC(=O)c2cnc(N3CCC(CNC4CCc5cc(OC)c(OC)c(OC)c5-c5ccc(OC)c(=O)cc54)CC3)nc2)cc1)C(C)C)N1CCC(C(C)=O)CC1. The smallest absolute Gasteiger partial charge is 0.312 e. The van der Waals surface area contributed by atoms with Crippen LogP contribution in [0.3, 0.4) is 0 Å². The van der Waals surface area contributed by atoms with E-state index in [9.17, 15) is 33.6 Å². The van der Waals surface area contributed by atoms with Gasteiger partial charge in [-0.1, -0.05) is 38.6 Å². The van der Waals surface area contributed by atoms with E-state index < -0.39 is 18.0 Å². The van der Waals surface area contributed by atoms with Gasteiger partial charge in [0.25, 0.3) is 0 Å². The van der Waals surface area contributed by atoms with E-state index in [-0.39, 0.29) is 97.2 Å². The highest BCUT2D eigenvalue weighted by atomic mass is 16.5. The quantitative estimate of drug-likeness (QED) is 0.0249. The number of carbonyl (C=O) groups is 6. The molecule has 6 N–H and O–H groups in total. The maximum absolute atomic E-state index is 13.8. The molecule has 3 aromatic carbocycles. The second-order valence-corrected chi connectivity index (χ2v) is 22.6. The van der Waals surface area contributed by atoms with Crippen LogP contribution in [0.2, 0.25) is 0 Å². The normalized spacial score (nSPS) is 16.0. The summed E-state index contributed by atoms with van der Waals surface area (Å²) in [6, 6.07) is 12.6. The number of hydrogen-bond donors (Lipinski definition) is 5. The molecule has 0 spiro atoms. The number of nitrogens with zero attached hydrogens (tertiary/aromatic N) is 4. The van der Waals surface area contributed by atoms with Crippen molar-refractivity contribution in [3.63, 3.8) is 0 Å². The zero-order chi connectivity index (χ0) is 61.2. The number of methoxy groups -OCH3 is 4. The van der Waals surface area contributed by atoms with E-state index in [2.05, 4.69) is 47.6 Å². The first-order valence-electron chi connectivity index (χ1n) is 29.6. The summed E-state index contributed by atoms with van der Waals surface area (Å²) in [4.78, 5) is 104. The summed E-state index contributed by atoms with van der Waals surface area (Å²) in [5.41, 5.74) is 11.2. The number of anilines is 2. The Morgan fingerprint density at radius 1 is 0.812 bits per heavy atom. The number of benzene rings is 2. The highest BCUT2D eigenvalue weighted by molar-refractivity contribution is 5.98. The van der Waals surface area contributed by atoms with Crippen LogP contribution in [-0.4, -0.2) is 130 Å². The average molecular weight is 1170 g/mol. The maximum atomic E-state index is 13.8. The topological polar surface area (TPSA) is 272 Å². The van der Waals surface area contributed by atoms with Crippen molar-refractivity contribution in [2.75, 3.05) is 84.5 Å². The van der Waals surface area contributed by atoms with Crippen molar-refractivity contribution in [1.29, 1.82) is 0 Å². The Kier molecular flexibility index (Phi) is 23.8. The number of nitrogens with one attached hydrogen (secondary N) is 4. The molecule has 4 aromatic rings. The molecule has 1 unspecified atom stereocenters. The van der Waals surface area contributed by atoms with Gasteiger partial charge in [0.05, 0.1) is 46.7 Å². The molecule has 1 aromatic heterocycles. The molecule has 7 rings (SSSR count). The molecule has 3 atom stereocenters. The Hall–Kier alpha value is -7.91. The summed E-state index contributed by atoms with van der Waals surface area (Å²) < 4.78 is 28.7. The Balaban J connectivity index is 0.857. The fourth-order valence-electron chi connectivity index (χ4n) is 11.6. The third kappa shape index (κ3) is 17.6. The Bertz CT molecular complexity index is 3050. The van der Waals surface area contributed by atoms with Crippen molar-refractivity contribution < 1.29 is 52.5 Å². The maximum Gasteiger partial charge on any atom is 0.312 e. The molecule has 0 radical (unpaired) electrons. The number of aromatic nitrogens is 2. The van der Waals surface area contributed by atoms with E-state index in [1.807, 2.05) is 26.0 Å². The fraction of sp³-hybridized carbons (Fsp3) is 0.516. The molecule has 2 fully saturated rings. The highest BCUT2D eigenvalue weighted by Gasteiger charge is 2.33. The van der Waals surface area contributed by atoms with E-state index in [0.29, 0.717) is 66.0 Å². The summed E-state index contributed by atoms with van der Waals surface area (Å²) in [5.74, 6) is 0.846. The van der Waals surface area contributed by atoms with E-state index in [1.54, 1.807) is 64.7 Å². The number of fused-ring (bicyclic) bond motifs is 3. The minimum absolute atomic E-state index is 0.0919. The number of ether oxygens (including phenoxy) is 5. The average Bonchev–Trinajstić information content (AvgIpc) is 2.01. The van der Waals surface area contributed by atoms with E-state index in [1.165, 1.54) is 19.5 Å². The summed E-state index contributed by atoms with van der Waals surface area (Å²) in [5, 5.41) is 12.2. The second kappa shape index (κ2) is 31.3. The summed E-state index contributed by atoms with van der Waals surface area (Å²) in [6.45, 7) is 13.4. The van der Waals surface area contributed by atoms with Crippen LogP contribution in [0.5, 0.6) is 23.0 Å². The summed E-state index contributed by atoms with van der Waals surface area (Å²) >= 11 is 0. The lowest BCUT2D eigenvalue weighted by Crippen LogP contribution is -2.45. The van der Waals surface area contributed by atoms with Gasteiger partial charge in [-0.3, -0.25) is 28.8 Å². The zero-order valence-corrected chi connectivity index (χ0v) is 50.4. The molecule has 85 heavy (non-hydrogen) atoms. The van der Waals surface area contributed by atoms with Gasteiger partial charge < -0.3 is 60.5 Å². The van der Waals surface area contributed by atoms with Crippen molar-refractivity contribution >= 4 is 46.8 Å². The van der Waals surface area contributed by atoms with Gasteiger partial charge in [0, 0.05) is 92.8 Å². The molecule has 3 heterocycles. The molecule has 1 aliphatic carbocycles. The number of likely N-dealkylation sites (tertiary alicyclic amines) is 1. The van der Waals surface area contributed by atoms with E-state index >= 15 is 0 Å². The number of ketones is 3. The lowest BCUT2D eigenvalue weighted by Gasteiger charge is -2.34. The number of primary amides is 1. The summed E-state index contributed by atoms with van der Waals surface area (Å²) in [7, 11) is 6.27. The molecule has 0 bridgehead atoms. The van der Waals surface area contributed by atoms with E-state index in [0.717, 1.165) is 98.3 Å². The van der Waals surface area contributed by atoms with Crippen molar-refractivity contribution in [2.45, 2.75) is 117 Å². The minimum atomic E-state index is -0.808. The van der Waals surface area contributed by atoms with Crippen LogP contribution < -0.4 is 56.3 Å². The number of amides is 4. The van der Waals surface area contributed by atoms with Gasteiger partial charge in [0.15, 0.2) is 28.8 Å². The first-order chi connectivity index (χ1) is 40.9. The van der Waals surface area contributed by atoms with Crippen LogP contribution in [0, 0.1) is 23.7 Å². The number of Topliss-reactive ketones (excluding diaryl/α,β-unsaturated/α-hetero) is 3. The Morgan fingerprint density at radius 2 is 1.51 bits per heavy atom. The number of hydrogen-bond acceptors (Lipinski definition) is 17. The molecular formula is C64H85N9O12. The number of nitrogens with two attached hydrogens (primary N) is 1. The van der Waals surface area contributed by atoms with Gasteiger partial charge in [0.1, 0.15) is 12.4 Å². The van der Waals surface area contributed by atoms with Gasteiger partial charge in [-0.2, -0.15) is 0 Å². The number of urea groups is 1. The van der Waals surface area contributed by atoms with Gasteiger partial charge in [0.2, 0.25) is 28.9 Å². The molecule has 0 saturated carbocycles. The number of piperidine rings is 2. The van der Waals surface area contributed by atoms with Gasteiger partial charge in [-0.25, -0.2) is 14.8 Å². The standard InChI is InChI=1S/C64H85N9O12/c1-39(2)59(71-57(78)13-9-11-40(3)72-29-24-44(25-30-72)41(4)74)53(76)31-46(12-10-26-66-63(65)80)62(79)70-48-17-14-43(15-18-48)37-85-38-54(77)47-35-68-64(69-36-47)73-27-22-42(23-28-73)34-67-51-20-16-45-32-56(82-6)60(83-7)61(84-8)58(45)49-19-21-55(81-5)52(75)33-50(49)51/h14-15,17-19,21,32-33,35-36,39,42,44,46,51,59,67H,3,9-13,16,20,22-31,34,37-38H2,1-2,4-8H3,(H,70,79)(H,71,78)(H3,65,66,80)/t46-,51?,59+/m1/s1. The fourth-order valence-corrected chi connectivity index (χ4v) is 11.6. The van der Waals surface area contributed by atoms with Gasteiger partial charge >= 0.3 is 6.03 Å². The number of aryl methyl sites for hydroxylation is 1. The van der Waals surface area contributed by atoms with Crippen LogP contribution in [0.25, 0.3) is 11.1 Å². The molecule has 3 aliphatic rings. The number of carbonyl (C=O) groups excluding carboxylic acids is 6. The minimum Gasteiger partial charge on any atom is -0.493 e. The highest BCUT2D eigenvalue weighted by Crippen LogP contribution is 2.50. The van der Waals surface area contributed by atoms with Crippen molar-refractivity contribution in [3.05, 3.63) is 106 Å². The second-order valence-electron chi connectivity index (χ2n) is 22.6. The molecule has 458 valence electrons. The van der Waals surface area contributed by atoms with Crippen LogP contribution in [0.1, 0.15) is 124 Å². The third-order valence-electron chi connectivity index (χ3n) is 16.5. The first-order valence-corrected chi connectivity index (χ1v) is 29.6. The first kappa shape index (κ1) is 64.6. The van der Waals surface area contributed by atoms with Gasteiger partial charge in [-0.15, -0.1) is 0 Å². The third-order valence-corrected chi connectivity index (χ3v) is 16.5. The number of allylic oxidation sites excluding steroid dienone is 1. The monoisotopic (exact) mass is 1170 g/mol. The van der Waals surface area contributed by atoms with Crippen LogP contribution in [0.15, 0.2) is 78.0 Å². The van der Waals surface area contributed by atoms with Crippen LogP contribution >= 0.6 is 0 Å². The van der Waals surface area contributed by atoms with Crippen molar-refractivity contribution in [3.8, 4) is 34.1 Å². The number of rotatable bonds is 30. The molecule has 2 saturated heterocycles. The van der Waals surface area contributed by atoms with Crippen LogP contribution in [-0.2, 0) is 36.9 Å².